The van der Waals surface area contributed by atoms with Crippen LogP contribution < -0.4 is 4.90 Å². The molecule has 0 saturated heterocycles. The first-order valence-corrected chi connectivity index (χ1v) is 19.2. The maximum absolute atomic E-state index is 14.2. The van der Waals surface area contributed by atoms with Gasteiger partial charge < -0.3 is 9.47 Å². The monoisotopic (exact) mass is 700 g/mol. The van der Waals surface area contributed by atoms with Crippen molar-refractivity contribution in [1.82, 2.24) is 4.57 Å². The Balaban J connectivity index is 1.10. The SMILES string of the molecule is O=S1(=O)c2ccccc2-c2cccc(N(c3ccc(-c4ccccc4)cc3)c3ccc(-c4ccc5c(c4)c4ccccc4n5-c4ccccc4)cc3)c21. The fourth-order valence-electron chi connectivity index (χ4n) is 7.90. The van der Waals surface area contributed by atoms with Gasteiger partial charge in [-0.05, 0) is 89.0 Å². The fourth-order valence-corrected chi connectivity index (χ4v) is 9.75. The standard InChI is InChI=1S/C48H32N2O2S/c51-53(52)47-21-10-8-17-41(47)42-18-11-20-46(48(42)53)49(38-27-22-34(23-28-38)33-12-3-1-4-13-33)39-29-24-35(25-30-39)36-26-31-45-43(32-36)40-16-7-9-19-44(40)50(45)37-14-5-2-6-15-37/h1-32H. The summed E-state index contributed by atoms with van der Waals surface area (Å²) in [5, 5.41) is 2.39. The van der Waals surface area contributed by atoms with Gasteiger partial charge in [-0.2, -0.15) is 0 Å². The summed E-state index contributed by atoms with van der Waals surface area (Å²) >= 11 is 0. The Kier molecular flexibility index (Phi) is 7.17. The Hall–Kier alpha value is -6.69. The fraction of sp³-hybridized carbons (Fsp3) is 0. The van der Waals surface area contributed by atoms with Crippen molar-refractivity contribution in [2.24, 2.45) is 0 Å². The molecule has 2 heterocycles. The molecule has 4 nitrogen and oxygen atoms in total. The third kappa shape index (κ3) is 5.01. The molecule has 53 heavy (non-hydrogen) atoms. The van der Waals surface area contributed by atoms with Gasteiger partial charge in [0.15, 0.2) is 0 Å². The lowest BCUT2D eigenvalue weighted by atomic mass is 10.0. The Labute approximate surface area is 308 Å². The van der Waals surface area contributed by atoms with Crippen LogP contribution in [0.3, 0.4) is 0 Å². The molecule has 5 heteroatoms. The molecule has 0 aliphatic carbocycles. The molecule has 0 amide bonds. The molecule has 0 saturated carbocycles. The lowest BCUT2D eigenvalue weighted by molar-refractivity contribution is 0.599. The van der Waals surface area contributed by atoms with E-state index in [1.54, 1.807) is 12.1 Å². The Morgan fingerprint density at radius 1 is 0.415 bits per heavy atom. The van der Waals surface area contributed by atoms with Crippen molar-refractivity contribution < 1.29 is 8.42 Å². The van der Waals surface area contributed by atoms with E-state index in [0.717, 1.165) is 56.0 Å². The van der Waals surface area contributed by atoms with Gasteiger partial charge >= 0.3 is 0 Å². The third-order valence-corrected chi connectivity index (χ3v) is 12.3. The molecular formula is C48H32N2O2S. The summed E-state index contributed by atoms with van der Waals surface area (Å²) in [7, 11) is -3.76. The van der Waals surface area contributed by atoms with Crippen LogP contribution in [-0.2, 0) is 9.84 Å². The highest BCUT2D eigenvalue weighted by molar-refractivity contribution is 7.92. The average Bonchev–Trinajstić information content (AvgIpc) is 3.68. The van der Waals surface area contributed by atoms with Crippen LogP contribution in [0.5, 0.6) is 0 Å². The molecule has 0 radical (unpaired) electrons. The molecule has 0 bridgehead atoms. The zero-order valence-corrected chi connectivity index (χ0v) is 29.4. The van der Waals surface area contributed by atoms with Gasteiger partial charge in [-0.1, -0.05) is 127 Å². The minimum atomic E-state index is -3.76. The molecule has 0 atom stereocenters. The van der Waals surface area contributed by atoms with Crippen molar-refractivity contribution in [2.75, 3.05) is 4.90 Å². The van der Waals surface area contributed by atoms with Crippen LogP contribution in [0, 0.1) is 0 Å². The van der Waals surface area contributed by atoms with Crippen molar-refractivity contribution in [2.45, 2.75) is 9.79 Å². The summed E-state index contributed by atoms with van der Waals surface area (Å²) in [6, 6.07) is 65.8. The lowest BCUT2D eigenvalue weighted by Crippen LogP contribution is -2.13. The van der Waals surface area contributed by atoms with Gasteiger partial charge in [-0.3, -0.25) is 0 Å². The Morgan fingerprint density at radius 2 is 0.962 bits per heavy atom. The summed E-state index contributed by atoms with van der Waals surface area (Å²) in [6.07, 6.45) is 0. The molecule has 252 valence electrons. The number of para-hydroxylation sites is 2. The number of fused-ring (bicyclic) bond motifs is 6. The van der Waals surface area contributed by atoms with E-state index in [1.165, 1.54) is 16.3 Å². The summed E-state index contributed by atoms with van der Waals surface area (Å²) in [5.74, 6) is 0. The van der Waals surface area contributed by atoms with Crippen molar-refractivity contribution in [3.8, 4) is 39.1 Å². The molecule has 1 aliphatic rings. The third-order valence-electron chi connectivity index (χ3n) is 10.3. The van der Waals surface area contributed by atoms with Gasteiger partial charge in [-0.15, -0.1) is 0 Å². The largest absolute Gasteiger partial charge is 0.309 e. The maximum Gasteiger partial charge on any atom is 0.209 e. The van der Waals surface area contributed by atoms with Crippen LogP contribution >= 0.6 is 0 Å². The number of rotatable bonds is 6. The zero-order chi connectivity index (χ0) is 35.5. The van der Waals surface area contributed by atoms with E-state index in [1.807, 2.05) is 54.6 Å². The van der Waals surface area contributed by atoms with E-state index in [-0.39, 0.29) is 0 Å². The number of benzene rings is 8. The molecule has 0 spiro atoms. The predicted molar refractivity (Wildman–Crippen MR) is 217 cm³/mol. The van der Waals surface area contributed by atoms with Crippen molar-refractivity contribution >= 4 is 48.7 Å². The molecule has 0 N–H and O–H groups in total. The van der Waals surface area contributed by atoms with E-state index in [9.17, 15) is 8.42 Å². The van der Waals surface area contributed by atoms with E-state index >= 15 is 0 Å². The normalized spacial score (nSPS) is 12.8. The topological polar surface area (TPSA) is 42.3 Å². The highest BCUT2D eigenvalue weighted by Crippen LogP contribution is 2.50. The second-order valence-corrected chi connectivity index (χ2v) is 15.2. The van der Waals surface area contributed by atoms with Gasteiger partial charge in [0.2, 0.25) is 9.84 Å². The minimum absolute atomic E-state index is 0.331. The first kappa shape index (κ1) is 31.1. The number of aromatic nitrogens is 1. The molecule has 10 rings (SSSR count). The van der Waals surface area contributed by atoms with Crippen LogP contribution in [-0.4, -0.2) is 13.0 Å². The second-order valence-electron chi connectivity index (χ2n) is 13.4. The van der Waals surface area contributed by atoms with Crippen molar-refractivity contribution in [3.63, 3.8) is 0 Å². The smallest absolute Gasteiger partial charge is 0.209 e. The summed E-state index contributed by atoms with van der Waals surface area (Å²) < 4.78 is 30.7. The highest BCUT2D eigenvalue weighted by Gasteiger charge is 2.36. The van der Waals surface area contributed by atoms with E-state index in [2.05, 4.69) is 137 Å². The Bertz CT molecular complexity index is 2930. The molecule has 9 aromatic rings. The van der Waals surface area contributed by atoms with Gasteiger partial charge in [0.1, 0.15) is 4.90 Å². The number of nitrogens with zero attached hydrogens (tertiary/aromatic N) is 2. The quantitative estimate of drug-likeness (QED) is 0.173. The van der Waals surface area contributed by atoms with E-state index in [4.69, 9.17) is 0 Å². The Morgan fingerprint density at radius 3 is 1.70 bits per heavy atom. The zero-order valence-electron chi connectivity index (χ0n) is 28.6. The van der Waals surface area contributed by atoms with Gasteiger partial charge in [-0.25, -0.2) is 8.42 Å². The summed E-state index contributed by atoms with van der Waals surface area (Å²) in [6.45, 7) is 0. The van der Waals surface area contributed by atoms with Crippen LogP contribution in [0.2, 0.25) is 0 Å². The predicted octanol–water partition coefficient (Wildman–Crippen LogP) is 12.4. The first-order valence-electron chi connectivity index (χ1n) is 17.7. The number of hydrogen-bond acceptors (Lipinski definition) is 3. The van der Waals surface area contributed by atoms with E-state index < -0.39 is 9.84 Å². The van der Waals surface area contributed by atoms with Gasteiger partial charge in [0.25, 0.3) is 0 Å². The van der Waals surface area contributed by atoms with E-state index in [0.29, 0.717) is 15.5 Å². The van der Waals surface area contributed by atoms with Crippen molar-refractivity contribution in [3.05, 3.63) is 194 Å². The number of anilines is 3. The second kappa shape index (κ2) is 12.2. The maximum atomic E-state index is 14.2. The van der Waals surface area contributed by atoms with Crippen molar-refractivity contribution in [1.29, 1.82) is 0 Å². The van der Waals surface area contributed by atoms with Crippen LogP contribution in [0.15, 0.2) is 204 Å². The molecule has 1 aromatic heterocycles. The number of hydrogen-bond donors (Lipinski definition) is 0. The van der Waals surface area contributed by atoms with Crippen LogP contribution in [0.25, 0.3) is 60.9 Å². The first-order chi connectivity index (χ1) is 26.1. The van der Waals surface area contributed by atoms with Crippen LogP contribution in [0.4, 0.5) is 17.1 Å². The molecule has 1 aliphatic heterocycles. The molecule has 0 fully saturated rings. The van der Waals surface area contributed by atoms with Crippen LogP contribution in [0.1, 0.15) is 0 Å². The summed E-state index contributed by atoms with van der Waals surface area (Å²) in [5.41, 5.74) is 11.7. The van der Waals surface area contributed by atoms with Gasteiger partial charge in [0.05, 0.1) is 21.6 Å². The minimum Gasteiger partial charge on any atom is -0.309 e. The lowest BCUT2D eigenvalue weighted by Gasteiger charge is -2.27. The molecule has 0 unspecified atom stereocenters. The molecular weight excluding hydrogens is 669 g/mol. The van der Waals surface area contributed by atoms with Gasteiger partial charge in [0, 0.05) is 39.0 Å². The average molecular weight is 701 g/mol. The summed E-state index contributed by atoms with van der Waals surface area (Å²) in [4.78, 5) is 2.75. The highest BCUT2D eigenvalue weighted by atomic mass is 32.2. The number of sulfone groups is 1. The molecule has 8 aromatic carbocycles.